The van der Waals surface area contributed by atoms with E-state index in [1.54, 1.807) is 29.7 Å². The minimum absolute atomic E-state index is 0.0707. The molecule has 0 bridgehead atoms. The van der Waals surface area contributed by atoms with Gasteiger partial charge >= 0.3 is 0 Å². The summed E-state index contributed by atoms with van der Waals surface area (Å²) < 4.78 is 13.6. The highest BCUT2D eigenvalue weighted by Gasteiger charge is 2.20. The molecule has 162 valence electrons. The van der Waals surface area contributed by atoms with E-state index in [4.69, 9.17) is 11.6 Å². The third-order valence-corrected chi connectivity index (χ3v) is 6.53. The fraction of sp³-hybridized carbons (Fsp3) is 0.0370. The Morgan fingerprint density at radius 3 is 2.55 bits per heavy atom. The molecule has 0 saturated heterocycles. The van der Waals surface area contributed by atoms with Crippen molar-refractivity contribution in [1.29, 1.82) is 0 Å². The molecule has 2 aromatic heterocycles. The summed E-state index contributed by atoms with van der Waals surface area (Å²) in [6.07, 6.45) is 5.45. The van der Waals surface area contributed by atoms with Gasteiger partial charge in [-0.15, -0.1) is 11.3 Å². The van der Waals surface area contributed by atoms with Crippen molar-refractivity contribution in [3.05, 3.63) is 133 Å². The lowest BCUT2D eigenvalue weighted by Gasteiger charge is -2.17. The van der Waals surface area contributed by atoms with Crippen LogP contribution in [0.3, 0.4) is 0 Å². The van der Waals surface area contributed by atoms with Gasteiger partial charge in [0.25, 0.3) is 0 Å². The Labute approximate surface area is 198 Å². The minimum Gasteiger partial charge on any atom is -0.322 e. The van der Waals surface area contributed by atoms with E-state index in [2.05, 4.69) is 16.0 Å². The predicted molar refractivity (Wildman–Crippen MR) is 134 cm³/mol. The third kappa shape index (κ3) is 4.65. The zero-order valence-corrected chi connectivity index (χ0v) is 18.9. The normalized spacial score (nSPS) is 12.4. The van der Waals surface area contributed by atoms with Gasteiger partial charge in [0.2, 0.25) is 5.56 Å². The summed E-state index contributed by atoms with van der Waals surface area (Å²) in [6.45, 7) is 0. The van der Waals surface area contributed by atoms with Gasteiger partial charge in [0, 0.05) is 33.6 Å². The molecular formula is C27H18ClFN2OS. The second-order valence-electron chi connectivity index (χ2n) is 7.64. The van der Waals surface area contributed by atoms with Crippen molar-refractivity contribution in [2.45, 2.75) is 5.92 Å². The molecule has 0 aliphatic carbocycles. The molecule has 1 unspecified atom stereocenters. The van der Waals surface area contributed by atoms with Gasteiger partial charge in [0.1, 0.15) is 10.8 Å². The van der Waals surface area contributed by atoms with E-state index in [1.165, 1.54) is 12.1 Å². The first kappa shape index (κ1) is 21.3. The Morgan fingerprint density at radius 1 is 0.970 bits per heavy atom. The second kappa shape index (κ2) is 9.14. The van der Waals surface area contributed by atoms with Gasteiger partial charge in [-0.25, -0.2) is 9.37 Å². The Hall–Kier alpha value is -3.54. The average Bonchev–Trinajstić information content (AvgIpc) is 3.33. The van der Waals surface area contributed by atoms with Gasteiger partial charge in [-0.3, -0.25) is 4.79 Å². The number of nitrogens with one attached hydrogen (secondary N) is 1. The van der Waals surface area contributed by atoms with Gasteiger partial charge in [0.05, 0.1) is 5.92 Å². The number of fused-ring (bicyclic) bond motifs is 1. The fourth-order valence-corrected chi connectivity index (χ4v) is 4.84. The molecule has 0 saturated carbocycles. The Balaban J connectivity index is 1.64. The number of H-pyrrole nitrogens is 1. The number of aromatic nitrogens is 2. The Kier molecular flexibility index (Phi) is 5.90. The molecule has 0 amide bonds. The number of nitrogens with zero attached hydrogens (tertiary/aromatic N) is 1. The number of rotatable bonds is 5. The van der Waals surface area contributed by atoms with Crippen molar-refractivity contribution in [2.24, 2.45) is 0 Å². The predicted octanol–water partition coefficient (Wildman–Crippen LogP) is 7.13. The van der Waals surface area contributed by atoms with E-state index in [9.17, 15) is 9.18 Å². The van der Waals surface area contributed by atoms with Crippen molar-refractivity contribution in [2.75, 3.05) is 0 Å². The number of thiazole rings is 1. The van der Waals surface area contributed by atoms with Crippen LogP contribution in [-0.2, 0) is 0 Å². The summed E-state index contributed by atoms with van der Waals surface area (Å²) in [5.41, 5.74) is 4.15. The molecule has 0 aliphatic rings. The van der Waals surface area contributed by atoms with Gasteiger partial charge in [-0.1, -0.05) is 54.1 Å². The summed E-state index contributed by atoms with van der Waals surface area (Å²) in [5, 5.41) is 4.51. The second-order valence-corrected chi connectivity index (χ2v) is 9.00. The van der Waals surface area contributed by atoms with Gasteiger partial charge in [-0.05, 0) is 58.7 Å². The van der Waals surface area contributed by atoms with Crippen molar-refractivity contribution in [3.8, 4) is 0 Å². The van der Waals surface area contributed by atoms with Gasteiger partial charge < -0.3 is 4.98 Å². The number of hydrogen-bond donors (Lipinski definition) is 1. The first-order valence-corrected chi connectivity index (χ1v) is 11.6. The standard InChI is InChI=1S/C27H18ClFN2OS/c28-21-9-6-18(7-10-21)26(27-30-12-13-33-27)20-8-11-24-23(15-20)19(16-25(32)31-24)5-4-17-2-1-3-22(29)14-17/h1-16,26H,(H,31,32)/b5-4+. The average molecular weight is 473 g/mol. The SMILES string of the molecule is O=c1cc(/C=C/c2cccc(F)c2)c2cc(C(c3ccc(Cl)cc3)c3nccs3)ccc2[nH]1. The first-order chi connectivity index (χ1) is 16.1. The molecule has 1 N–H and O–H groups in total. The van der Waals surface area contributed by atoms with E-state index in [-0.39, 0.29) is 17.3 Å². The van der Waals surface area contributed by atoms with Gasteiger partial charge in [0.15, 0.2) is 0 Å². The topological polar surface area (TPSA) is 45.8 Å². The molecule has 0 radical (unpaired) electrons. The molecule has 0 fully saturated rings. The van der Waals surface area contributed by atoms with Crippen molar-refractivity contribution < 1.29 is 4.39 Å². The highest BCUT2D eigenvalue weighted by molar-refractivity contribution is 7.09. The molecule has 0 spiro atoms. The molecule has 0 aliphatic heterocycles. The van der Waals surface area contributed by atoms with Crippen LogP contribution in [0.4, 0.5) is 4.39 Å². The number of hydrogen-bond acceptors (Lipinski definition) is 3. The molecule has 1 atom stereocenters. The van der Waals surface area contributed by atoms with Crippen LogP contribution < -0.4 is 5.56 Å². The molecule has 3 aromatic carbocycles. The summed E-state index contributed by atoms with van der Waals surface area (Å²) in [5.74, 6) is -0.372. The largest absolute Gasteiger partial charge is 0.322 e. The quantitative estimate of drug-likeness (QED) is 0.296. The number of benzene rings is 3. The van der Waals surface area contributed by atoms with Crippen LogP contribution in [0.1, 0.15) is 33.2 Å². The van der Waals surface area contributed by atoms with Crippen LogP contribution in [0.2, 0.25) is 5.02 Å². The van der Waals surface area contributed by atoms with E-state index in [0.29, 0.717) is 5.02 Å². The van der Waals surface area contributed by atoms with Crippen LogP contribution in [-0.4, -0.2) is 9.97 Å². The summed E-state index contributed by atoms with van der Waals surface area (Å²) >= 11 is 7.71. The fourth-order valence-electron chi connectivity index (χ4n) is 3.92. The van der Waals surface area contributed by atoms with Gasteiger partial charge in [-0.2, -0.15) is 0 Å². The molecule has 2 heterocycles. The minimum atomic E-state index is -0.301. The third-order valence-electron chi connectivity index (χ3n) is 5.44. The Morgan fingerprint density at radius 2 is 1.79 bits per heavy atom. The zero-order valence-electron chi connectivity index (χ0n) is 17.3. The lowest BCUT2D eigenvalue weighted by Crippen LogP contribution is -2.07. The lowest BCUT2D eigenvalue weighted by molar-refractivity contribution is 0.627. The zero-order chi connectivity index (χ0) is 22.8. The highest BCUT2D eigenvalue weighted by atomic mass is 35.5. The van der Waals surface area contributed by atoms with Crippen LogP contribution >= 0.6 is 22.9 Å². The van der Waals surface area contributed by atoms with Crippen molar-refractivity contribution in [1.82, 2.24) is 9.97 Å². The lowest BCUT2D eigenvalue weighted by atomic mass is 9.90. The van der Waals surface area contributed by atoms with Crippen LogP contribution in [0.15, 0.2) is 89.2 Å². The van der Waals surface area contributed by atoms with E-state index < -0.39 is 0 Å². The number of halogens is 2. The van der Waals surface area contributed by atoms with E-state index in [1.807, 2.05) is 60.0 Å². The monoisotopic (exact) mass is 472 g/mol. The number of pyridine rings is 1. The van der Waals surface area contributed by atoms with Crippen LogP contribution in [0, 0.1) is 5.82 Å². The molecular weight excluding hydrogens is 455 g/mol. The Bertz CT molecular complexity index is 1510. The molecule has 33 heavy (non-hydrogen) atoms. The first-order valence-electron chi connectivity index (χ1n) is 10.3. The highest BCUT2D eigenvalue weighted by Crippen LogP contribution is 2.35. The summed E-state index contributed by atoms with van der Waals surface area (Å²) in [6, 6.07) is 21.7. The maximum atomic E-state index is 13.6. The van der Waals surface area contributed by atoms with Crippen molar-refractivity contribution >= 4 is 46.0 Å². The van der Waals surface area contributed by atoms with Crippen LogP contribution in [0.25, 0.3) is 23.1 Å². The molecule has 3 nitrogen and oxygen atoms in total. The summed E-state index contributed by atoms with van der Waals surface area (Å²) in [7, 11) is 0. The maximum Gasteiger partial charge on any atom is 0.249 e. The van der Waals surface area contributed by atoms with E-state index >= 15 is 0 Å². The molecule has 5 aromatic rings. The summed E-state index contributed by atoms with van der Waals surface area (Å²) in [4.78, 5) is 19.7. The molecule has 6 heteroatoms. The van der Waals surface area contributed by atoms with E-state index in [0.717, 1.165) is 38.2 Å². The smallest absolute Gasteiger partial charge is 0.249 e. The van der Waals surface area contributed by atoms with Crippen molar-refractivity contribution in [3.63, 3.8) is 0 Å². The van der Waals surface area contributed by atoms with Crippen LogP contribution in [0.5, 0.6) is 0 Å². The number of aromatic amines is 1. The molecule has 5 rings (SSSR count). The maximum absolute atomic E-state index is 13.6.